The predicted molar refractivity (Wildman–Crippen MR) is 363 cm³/mol. The van der Waals surface area contributed by atoms with E-state index in [2.05, 4.69) is 42.2 Å². The van der Waals surface area contributed by atoms with Gasteiger partial charge in [-0.25, -0.2) is 9.59 Å². The zero-order chi connectivity index (χ0) is 70.0. The van der Waals surface area contributed by atoms with Crippen molar-refractivity contribution in [2.75, 3.05) is 46.6 Å². The molecule has 2 spiro atoms. The van der Waals surface area contributed by atoms with Crippen molar-refractivity contribution in [2.45, 2.75) is 238 Å². The Kier molecular flexibility index (Phi) is 26.5. The fourth-order valence-electron chi connectivity index (χ4n) is 12.8. The van der Waals surface area contributed by atoms with Gasteiger partial charge in [-0.2, -0.15) is 0 Å². The van der Waals surface area contributed by atoms with Crippen LogP contribution in [0.25, 0.3) is 0 Å². The van der Waals surface area contributed by atoms with Crippen molar-refractivity contribution >= 4 is 76.4 Å². The van der Waals surface area contributed by atoms with Crippen LogP contribution in [-0.2, 0) is 66.9 Å². The lowest BCUT2D eigenvalue weighted by atomic mass is 9.85. The van der Waals surface area contributed by atoms with Crippen LogP contribution in [0, 0.1) is 10.8 Å². The first-order valence-corrected chi connectivity index (χ1v) is 33.8. The molecule has 6 N–H and O–H groups in total. The molecular weight excluding hydrogens is 1280 g/mol. The van der Waals surface area contributed by atoms with Gasteiger partial charge in [0.25, 0.3) is 11.8 Å². The lowest BCUT2D eigenvalue weighted by Gasteiger charge is -2.36. The number of methoxy groups -OCH3 is 1. The van der Waals surface area contributed by atoms with E-state index in [0.29, 0.717) is 56.4 Å². The summed E-state index contributed by atoms with van der Waals surface area (Å²) in [5, 5.41) is 25.0. The van der Waals surface area contributed by atoms with E-state index in [1.54, 1.807) is 102 Å². The molecule has 2 saturated carbocycles. The summed E-state index contributed by atoms with van der Waals surface area (Å²) in [7, 11) is 1.43. The maximum atomic E-state index is 14.5. The highest BCUT2D eigenvalue weighted by molar-refractivity contribution is 6.47. The summed E-state index contributed by atoms with van der Waals surface area (Å²) in [4.78, 5) is 163. The van der Waals surface area contributed by atoms with Gasteiger partial charge in [-0.3, -0.25) is 43.2 Å². The second kappa shape index (κ2) is 33.7. The molecule has 6 fully saturated rings. The molecule has 544 valence electrons. The van der Waals surface area contributed by atoms with Crippen LogP contribution in [0.2, 0.25) is 0 Å². The van der Waals surface area contributed by atoms with Gasteiger partial charge in [0, 0.05) is 68.8 Å². The molecule has 2 aromatic carbocycles. The summed E-state index contributed by atoms with van der Waals surface area (Å²) in [5.41, 5.74) is -2.77. The van der Waals surface area contributed by atoms with Crippen molar-refractivity contribution in [1.82, 2.24) is 41.7 Å². The number of carbonyl (C=O) groups is 11. The minimum atomic E-state index is -1.21. The summed E-state index contributed by atoms with van der Waals surface area (Å²) >= 11 is 0. The molecule has 0 aromatic heterocycles. The number of amides is 8. The Morgan fingerprint density at radius 3 is 1.38 bits per heavy atom. The number of nitrogens with one attached hydrogen (secondary N) is 6. The molecule has 4 saturated heterocycles. The van der Waals surface area contributed by atoms with Crippen LogP contribution in [0.5, 0.6) is 0 Å². The van der Waals surface area contributed by atoms with Crippen molar-refractivity contribution in [3.8, 4) is 0 Å². The summed E-state index contributed by atoms with van der Waals surface area (Å²) in [6, 6.07) is 11.1. The third-order valence-corrected chi connectivity index (χ3v) is 18.4. The van der Waals surface area contributed by atoms with Crippen LogP contribution in [-0.4, -0.2) is 211 Å². The highest BCUT2D eigenvalue weighted by atomic mass is 16.7. The normalized spacial score (nSPS) is 24.4. The number of ketones is 3. The van der Waals surface area contributed by atoms with E-state index < -0.39 is 124 Å². The van der Waals surface area contributed by atoms with Crippen LogP contribution < -0.4 is 31.9 Å². The molecule has 28 nitrogen and oxygen atoms in total. The molecule has 6 aliphatic heterocycles. The van der Waals surface area contributed by atoms with Gasteiger partial charge in [0.05, 0.1) is 51.6 Å². The Bertz CT molecular complexity index is 3300. The number of hydrogen-bond acceptors (Lipinski definition) is 20. The predicted octanol–water partition coefficient (Wildman–Crippen LogP) is 5.81. The van der Waals surface area contributed by atoms with E-state index in [0.717, 1.165) is 25.7 Å². The molecule has 2 aromatic rings. The molecule has 28 heteroatoms. The minimum absolute atomic E-state index is 0. The first-order valence-electron chi connectivity index (χ1n) is 33.8. The van der Waals surface area contributed by atoms with Gasteiger partial charge in [-0.1, -0.05) is 154 Å². The third kappa shape index (κ3) is 20.0. The van der Waals surface area contributed by atoms with Gasteiger partial charge >= 0.3 is 12.2 Å². The van der Waals surface area contributed by atoms with Crippen molar-refractivity contribution in [2.24, 2.45) is 21.1 Å². The number of carbonyl (C=O) groups excluding carboxylic acids is 11. The Morgan fingerprint density at radius 2 is 1.00 bits per heavy atom. The van der Waals surface area contributed by atoms with E-state index in [1.165, 1.54) is 16.9 Å². The van der Waals surface area contributed by atoms with Gasteiger partial charge in [-0.15, -0.1) is 0 Å². The molecule has 8 amide bonds. The molecule has 8 aliphatic rings. The maximum Gasteiger partial charge on any atom is 0.408 e. The molecule has 2 aliphatic carbocycles. The number of ether oxygens (including phenoxy) is 5. The van der Waals surface area contributed by atoms with Crippen LogP contribution in [0.1, 0.15) is 181 Å². The highest BCUT2D eigenvalue weighted by Gasteiger charge is 2.58. The maximum absolute atomic E-state index is 14.5. The molecule has 6 heterocycles. The van der Waals surface area contributed by atoms with E-state index in [9.17, 15) is 52.7 Å². The quantitative estimate of drug-likeness (QED) is 0.0504. The molecule has 11 atom stereocenters. The van der Waals surface area contributed by atoms with Crippen molar-refractivity contribution in [3.63, 3.8) is 0 Å². The summed E-state index contributed by atoms with van der Waals surface area (Å²) in [6.45, 7) is 15.8. The fourth-order valence-corrected chi connectivity index (χ4v) is 12.8. The van der Waals surface area contributed by atoms with E-state index in [1.807, 2.05) is 13.8 Å². The number of rotatable bonds is 25. The zero-order valence-corrected chi connectivity index (χ0v) is 56.9. The van der Waals surface area contributed by atoms with Crippen LogP contribution in [0.4, 0.5) is 9.59 Å². The first-order chi connectivity index (χ1) is 46.1. The Hall–Kier alpha value is -8.37. The monoisotopic (exact) mass is 1380 g/mol. The minimum Gasteiger partial charge on any atom is -0.444 e. The first kappa shape index (κ1) is 78.0. The van der Waals surface area contributed by atoms with E-state index in [-0.39, 0.29) is 114 Å². The Balaban J connectivity index is 0.000000273. The fraction of sp³-hybridized carbons (Fsp3) is 0.648. The van der Waals surface area contributed by atoms with Crippen molar-refractivity contribution < 1.29 is 86.1 Å². The SMILES string of the molecule is C.C.CCC[C@H](NC(=O)[C@@H]1CC2(CC(C(=O)c3ccccc3)=NO2)CN1C(=O)[C@@H](NC(=O)O[C@H]1CCOC1)C(C)(C)C)C(OC)C(=O)NC1CC1.CCC[C@H](NC(=O)[C@@H]1C[C@]2(CC(C(=O)c3ccccc3)=NO2)CN1C(=O)[C@@H](NC(=O)O[C@H]1CCOC1)C(C)(C)C)C(=O)C(=O)NC1CC1. The number of nitrogens with zero attached hydrogens (tertiary/aromatic N) is 4. The number of likely N-dealkylation sites (tertiary alicyclic amines) is 2. The third-order valence-electron chi connectivity index (χ3n) is 18.4. The van der Waals surface area contributed by atoms with E-state index >= 15 is 0 Å². The van der Waals surface area contributed by atoms with Gasteiger partial charge in [-0.05, 0) is 49.4 Å². The number of hydrogen-bond donors (Lipinski definition) is 6. The lowest BCUT2D eigenvalue weighted by Crippen LogP contribution is -2.60. The van der Waals surface area contributed by atoms with Crippen molar-refractivity contribution in [3.05, 3.63) is 71.8 Å². The number of alkyl carbamates (subject to hydrolysis) is 2. The molecule has 0 radical (unpaired) electrons. The highest BCUT2D eigenvalue weighted by Crippen LogP contribution is 2.42. The Morgan fingerprint density at radius 1 is 0.576 bits per heavy atom. The van der Waals surface area contributed by atoms with Gasteiger partial charge in [0.2, 0.25) is 41.0 Å². The molecular formula is C71H102N10O18. The van der Waals surface area contributed by atoms with Crippen LogP contribution in [0.3, 0.4) is 0 Å². The lowest BCUT2D eigenvalue weighted by molar-refractivity contribution is -0.144. The van der Waals surface area contributed by atoms with Crippen molar-refractivity contribution in [1.29, 1.82) is 0 Å². The van der Waals surface area contributed by atoms with Gasteiger partial charge < -0.3 is 75.1 Å². The largest absolute Gasteiger partial charge is 0.444 e. The molecule has 2 unspecified atom stereocenters. The van der Waals surface area contributed by atoms with Gasteiger partial charge in [0.15, 0.2) is 17.3 Å². The van der Waals surface area contributed by atoms with Crippen LogP contribution in [0.15, 0.2) is 71.0 Å². The average Bonchev–Trinajstić information content (AvgIpc) is 1.61. The average molecular weight is 1380 g/mol. The summed E-state index contributed by atoms with van der Waals surface area (Å²) < 4.78 is 27.2. The molecule has 99 heavy (non-hydrogen) atoms. The number of Topliss-reactive ketones (excluding diaryl/α,β-unsaturated/α-hetero) is 3. The second-order valence-electron chi connectivity index (χ2n) is 28.7. The Labute approximate surface area is 579 Å². The second-order valence-corrected chi connectivity index (χ2v) is 28.7. The smallest absolute Gasteiger partial charge is 0.408 e. The topological polar surface area (TPSA) is 356 Å². The van der Waals surface area contributed by atoms with Crippen LogP contribution >= 0.6 is 0 Å². The number of benzene rings is 2. The molecule has 0 bridgehead atoms. The van der Waals surface area contributed by atoms with E-state index in [4.69, 9.17) is 33.4 Å². The summed E-state index contributed by atoms with van der Waals surface area (Å²) in [5.74, 6) is -4.71. The zero-order valence-electron chi connectivity index (χ0n) is 56.9. The molecule has 10 rings (SSSR count). The standard InChI is InChI=1S/C35H49N5O9.C34H45N5O9.2CH4/c1-6-10-24(28(46-5)31(43)36-22-13-14-22)37-30(42)26-18-35(17-25(39-49-35)27(41)21-11-8-7-9-12-21)20-40(26)32(44)29(34(2,3)4)38-33(45)48-23-15-16-47-19-23;1-5-9-23(27(41)30(43)35-21-12-13-21)36-29(42)25-17-34(16-24(38-48-34)26(40)20-10-7-6-8-11-20)19-39(25)31(44)28(33(2,3)4)37-32(45)47-22-14-15-46-18-22;;/h7-9,11-12,22-24,26,28-29H,6,10,13-20H2,1-5H3,(H,36,43)(H,37,42)(H,38,45);6-8,10-11,21-23,25,28H,5,9,12-19H2,1-4H3,(H,35,43)(H,36,42)(H,37,45);2*1H4/t23-,24-,26-,28?,29+,35?;22-,23-,25-,28+,34+;;/m00../s1. The van der Waals surface area contributed by atoms with Gasteiger partial charge in [0.1, 0.15) is 47.8 Å². The number of oxime groups is 2. The summed E-state index contributed by atoms with van der Waals surface area (Å²) in [6.07, 6.45) is 3.07.